The van der Waals surface area contributed by atoms with Gasteiger partial charge >= 0.3 is 0 Å². The summed E-state index contributed by atoms with van der Waals surface area (Å²) in [5, 5.41) is 3.33. The van der Waals surface area contributed by atoms with E-state index in [1.165, 1.54) is 0 Å². The zero-order valence-electron chi connectivity index (χ0n) is 9.79. The van der Waals surface area contributed by atoms with Crippen LogP contribution in [-0.2, 0) is 4.79 Å². The lowest BCUT2D eigenvalue weighted by Crippen LogP contribution is -2.43. The van der Waals surface area contributed by atoms with E-state index in [-0.39, 0.29) is 10.9 Å². The lowest BCUT2D eigenvalue weighted by Gasteiger charge is -2.25. The summed E-state index contributed by atoms with van der Waals surface area (Å²) in [7, 11) is 0. The minimum absolute atomic E-state index is 0.194. The van der Waals surface area contributed by atoms with E-state index in [0.717, 1.165) is 0 Å². The fourth-order valence-electron chi connectivity index (χ4n) is 1.28. The van der Waals surface area contributed by atoms with Crippen LogP contribution in [-0.4, -0.2) is 10.9 Å². The van der Waals surface area contributed by atoms with Gasteiger partial charge in [0.25, 0.3) is 0 Å². The van der Waals surface area contributed by atoms with Crippen LogP contribution in [0.5, 0.6) is 0 Å². The monoisotopic (exact) mass is 270 g/mol. The van der Waals surface area contributed by atoms with Gasteiger partial charge in [-0.25, -0.2) is 0 Å². The Kier molecular flexibility index (Phi) is 4.48. The second-order valence-electron chi connectivity index (χ2n) is 4.01. The Balaban J connectivity index is 2.89. The van der Waals surface area contributed by atoms with Crippen LogP contribution in [0.3, 0.4) is 0 Å². The van der Waals surface area contributed by atoms with E-state index >= 15 is 0 Å². The van der Waals surface area contributed by atoms with Crippen LogP contribution in [0.4, 0.5) is 5.69 Å². The molecule has 0 heterocycles. The normalized spacial score (nSPS) is 13.8. The van der Waals surface area contributed by atoms with Gasteiger partial charge in [0.2, 0.25) is 5.91 Å². The van der Waals surface area contributed by atoms with Gasteiger partial charge in [-0.3, -0.25) is 4.79 Å². The quantitative estimate of drug-likeness (QED) is 0.827. The van der Waals surface area contributed by atoms with E-state index in [4.69, 9.17) is 29.6 Å². The number of benzene rings is 1. The van der Waals surface area contributed by atoms with Crippen molar-refractivity contribution in [1.29, 1.82) is 0 Å². The molecular weight excluding hydrogens is 256 g/mol. The molecule has 0 aliphatic rings. The number of nitrogens with two attached hydrogens (primary N) is 1. The fraction of sp³-hybridized carbons (Fsp3) is 0.333. The molecule has 0 bridgehead atoms. The Morgan fingerprint density at radius 3 is 2.71 bits per heavy atom. The van der Waals surface area contributed by atoms with E-state index in [0.29, 0.717) is 17.1 Å². The second kappa shape index (κ2) is 5.47. The lowest BCUT2D eigenvalue weighted by atomic mass is 9.86. The number of thiocarbonyl (C=S) groups is 1. The van der Waals surface area contributed by atoms with Crippen molar-refractivity contribution in [1.82, 2.24) is 0 Å². The van der Waals surface area contributed by atoms with Gasteiger partial charge in [-0.2, -0.15) is 0 Å². The Morgan fingerprint density at radius 2 is 2.24 bits per heavy atom. The summed E-state index contributed by atoms with van der Waals surface area (Å²) in [4.78, 5) is 12.3. The highest BCUT2D eigenvalue weighted by Gasteiger charge is 2.34. The van der Waals surface area contributed by atoms with Gasteiger partial charge in [0.05, 0.1) is 10.4 Å². The SMILES string of the molecule is CCC(C)(C(=O)Nc1cccc(Cl)c1)C(N)=S. The number of amides is 1. The molecule has 17 heavy (non-hydrogen) atoms. The summed E-state index contributed by atoms with van der Waals surface area (Å²) in [6.45, 7) is 3.60. The van der Waals surface area contributed by atoms with E-state index < -0.39 is 5.41 Å². The highest BCUT2D eigenvalue weighted by Crippen LogP contribution is 2.24. The standard InChI is InChI=1S/C12H15ClN2OS/c1-3-12(2,10(14)17)11(16)15-9-6-4-5-8(13)7-9/h4-7H,3H2,1-2H3,(H2,14,17)(H,15,16). The molecule has 0 aliphatic carbocycles. The van der Waals surface area contributed by atoms with Crippen molar-refractivity contribution in [3.63, 3.8) is 0 Å². The number of hydrogen-bond acceptors (Lipinski definition) is 2. The Bertz CT molecular complexity index is 450. The maximum Gasteiger partial charge on any atom is 0.237 e. The summed E-state index contributed by atoms with van der Waals surface area (Å²) in [5.41, 5.74) is 5.41. The lowest BCUT2D eigenvalue weighted by molar-refractivity contribution is -0.121. The summed E-state index contributed by atoms with van der Waals surface area (Å²) < 4.78 is 0. The van der Waals surface area contributed by atoms with Crippen LogP contribution >= 0.6 is 23.8 Å². The van der Waals surface area contributed by atoms with Crippen LogP contribution < -0.4 is 11.1 Å². The summed E-state index contributed by atoms with van der Waals surface area (Å²) >= 11 is 10.8. The molecule has 0 aliphatic heterocycles. The first kappa shape index (κ1) is 13.9. The maximum absolute atomic E-state index is 12.1. The molecule has 92 valence electrons. The van der Waals surface area contributed by atoms with Crippen molar-refractivity contribution >= 4 is 40.4 Å². The third-order valence-corrected chi connectivity index (χ3v) is 3.52. The molecule has 0 saturated heterocycles. The van der Waals surface area contributed by atoms with Crippen molar-refractivity contribution in [2.24, 2.45) is 11.1 Å². The molecule has 0 spiro atoms. The largest absolute Gasteiger partial charge is 0.392 e. The molecule has 5 heteroatoms. The molecule has 1 atom stereocenters. The molecule has 1 aromatic rings. The molecular formula is C12H15ClN2OS. The number of nitrogens with one attached hydrogen (secondary N) is 1. The number of rotatable bonds is 4. The van der Waals surface area contributed by atoms with E-state index in [1.54, 1.807) is 31.2 Å². The van der Waals surface area contributed by atoms with E-state index in [9.17, 15) is 4.79 Å². The zero-order valence-corrected chi connectivity index (χ0v) is 11.4. The molecule has 0 fully saturated rings. The predicted molar refractivity (Wildman–Crippen MR) is 75.3 cm³/mol. The van der Waals surface area contributed by atoms with E-state index in [2.05, 4.69) is 5.32 Å². The van der Waals surface area contributed by atoms with Crippen molar-refractivity contribution in [2.45, 2.75) is 20.3 Å². The Morgan fingerprint density at radius 1 is 1.59 bits per heavy atom. The van der Waals surface area contributed by atoms with Crippen molar-refractivity contribution in [3.05, 3.63) is 29.3 Å². The first-order chi connectivity index (χ1) is 7.90. The molecule has 0 radical (unpaired) electrons. The number of halogens is 1. The van der Waals surface area contributed by atoms with Crippen molar-refractivity contribution < 1.29 is 4.79 Å². The van der Waals surface area contributed by atoms with Gasteiger partial charge in [0.15, 0.2) is 0 Å². The van der Waals surface area contributed by atoms with Crippen LogP contribution in [0.1, 0.15) is 20.3 Å². The Labute approximate surface area is 111 Å². The third-order valence-electron chi connectivity index (χ3n) is 2.83. The maximum atomic E-state index is 12.1. The average molecular weight is 271 g/mol. The van der Waals surface area contributed by atoms with Crippen molar-refractivity contribution in [3.8, 4) is 0 Å². The number of carbonyl (C=O) groups is 1. The molecule has 1 unspecified atom stereocenters. The summed E-state index contributed by atoms with van der Waals surface area (Å²) in [6.07, 6.45) is 0.550. The second-order valence-corrected chi connectivity index (χ2v) is 4.89. The van der Waals surface area contributed by atoms with Crippen LogP contribution in [0.25, 0.3) is 0 Å². The molecule has 0 saturated carbocycles. The highest BCUT2D eigenvalue weighted by atomic mass is 35.5. The predicted octanol–water partition coefficient (Wildman–Crippen LogP) is 2.98. The first-order valence-corrected chi connectivity index (χ1v) is 6.05. The topological polar surface area (TPSA) is 55.1 Å². The zero-order chi connectivity index (χ0) is 13.1. The number of hydrogen-bond donors (Lipinski definition) is 2. The van der Waals surface area contributed by atoms with E-state index in [1.807, 2.05) is 6.92 Å². The summed E-state index contributed by atoms with van der Waals surface area (Å²) in [6, 6.07) is 6.94. The number of carbonyl (C=O) groups excluding carboxylic acids is 1. The van der Waals surface area contributed by atoms with Gasteiger partial charge in [-0.1, -0.05) is 36.8 Å². The Hall–Kier alpha value is -1.13. The minimum atomic E-state index is -0.836. The first-order valence-electron chi connectivity index (χ1n) is 5.27. The number of anilines is 1. The van der Waals surface area contributed by atoms with Crippen LogP contribution in [0.2, 0.25) is 5.02 Å². The van der Waals surface area contributed by atoms with Gasteiger partial charge in [-0.05, 0) is 31.5 Å². The minimum Gasteiger partial charge on any atom is -0.392 e. The van der Waals surface area contributed by atoms with Gasteiger partial charge in [0.1, 0.15) is 0 Å². The van der Waals surface area contributed by atoms with Gasteiger partial charge in [-0.15, -0.1) is 0 Å². The van der Waals surface area contributed by atoms with Crippen molar-refractivity contribution in [2.75, 3.05) is 5.32 Å². The molecule has 1 rings (SSSR count). The smallest absolute Gasteiger partial charge is 0.237 e. The van der Waals surface area contributed by atoms with Gasteiger partial charge < -0.3 is 11.1 Å². The highest BCUT2D eigenvalue weighted by molar-refractivity contribution is 7.80. The molecule has 3 N–H and O–H groups in total. The average Bonchev–Trinajstić information content (AvgIpc) is 2.27. The summed E-state index contributed by atoms with van der Waals surface area (Å²) in [5.74, 6) is -0.213. The van der Waals surface area contributed by atoms with Crippen LogP contribution in [0, 0.1) is 5.41 Å². The molecule has 1 amide bonds. The third kappa shape index (κ3) is 3.17. The van der Waals surface area contributed by atoms with Crippen LogP contribution in [0.15, 0.2) is 24.3 Å². The molecule has 3 nitrogen and oxygen atoms in total. The molecule has 0 aromatic heterocycles. The molecule has 1 aromatic carbocycles. The van der Waals surface area contributed by atoms with Gasteiger partial charge in [0, 0.05) is 10.7 Å². The fourth-order valence-corrected chi connectivity index (χ4v) is 1.71.